The number of hydrogen-bond donors (Lipinski definition) is 2. The minimum atomic E-state index is 0.0881. The standard InChI is InChI=1S/C10H17N5OS/c1-2-3-12-10-14-13-9(17-10)7-15-5-4-11-8(16)6-15/h2-7H2,1H3,(H,11,16)(H,12,14). The number of carbonyl (C=O) groups excluding carboxylic acids is 1. The number of nitrogens with zero attached hydrogens (tertiary/aromatic N) is 3. The number of aromatic nitrogens is 2. The average Bonchev–Trinajstić information content (AvgIpc) is 2.74. The molecule has 0 unspecified atom stereocenters. The van der Waals surface area contributed by atoms with Crippen molar-refractivity contribution < 1.29 is 4.79 Å². The molecule has 94 valence electrons. The molecule has 0 aliphatic carbocycles. The van der Waals surface area contributed by atoms with Crippen molar-refractivity contribution in [3.63, 3.8) is 0 Å². The Morgan fingerprint density at radius 2 is 2.41 bits per heavy atom. The number of carbonyl (C=O) groups is 1. The molecule has 6 nitrogen and oxygen atoms in total. The minimum absolute atomic E-state index is 0.0881. The highest BCUT2D eigenvalue weighted by molar-refractivity contribution is 7.15. The fraction of sp³-hybridized carbons (Fsp3) is 0.700. The molecule has 2 heterocycles. The molecule has 1 amide bonds. The molecule has 0 radical (unpaired) electrons. The van der Waals surface area contributed by atoms with E-state index in [-0.39, 0.29) is 5.91 Å². The molecular formula is C10H17N5OS. The van der Waals surface area contributed by atoms with E-state index < -0.39 is 0 Å². The van der Waals surface area contributed by atoms with E-state index in [0.29, 0.717) is 13.1 Å². The second kappa shape index (κ2) is 5.92. The first-order valence-electron chi connectivity index (χ1n) is 5.83. The fourth-order valence-corrected chi connectivity index (χ4v) is 2.45. The molecule has 17 heavy (non-hydrogen) atoms. The van der Waals surface area contributed by atoms with Crippen molar-refractivity contribution >= 4 is 22.4 Å². The first kappa shape index (κ1) is 12.3. The zero-order valence-corrected chi connectivity index (χ0v) is 10.7. The van der Waals surface area contributed by atoms with Crippen LogP contribution < -0.4 is 10.6 Å². The van der Waals surface area contributed by atoms with Crippen molar-refractivity contribution in [3.8, 4) is 0 Å². The van der Waals surface area contributed by atoms with Crippen molar-refractivity contribution in [2.45, 2.75) is 19.9 Å². The zero-order chi connectivity index (χ0) is 12.1. The lowest BCUT2D eigenvalue weighted by molar-refractivity contribution is -0.124. The van der Waals surface area contributed by atoms with Crippen LogP contribution in [0, 0.1) is 0 Å². The third kappa shape index (κ3) is 3.64. The third-order valence-corrected chi connectivity index (χ3v) is 3.34. The Balaban J connectivity index is 1.85. The summed E-state index contributed by atoms with van der Waals surface area (Å²) in [7, 11) is 0. The van der Waals surface area contributed by atoms with Crippen LogP contribution in [0.25, 0.3) is 0 Å². The largest absolute Gasteiger partial charge is 0.360 e. The molecule has 0 bridgehead atoms. The SMILES string of the molecule is CCCNc1nnc(CN2CCNC(=O)C2)s1. The molecule has 1 aliphatic heterocycles. The van der Waals surface area contributed by atoms with Crippen molar-refractivity contribution in [2.24, 2.45) is 0 Å². The summed E-state index contributed by atoms with van der Waals surface area (Å²) < 4.78 is 0. The van der Waals surface area contributed by atoms with E-state index in [4.69, 9.17) is 0 Å². The molecule has 1 aromatic rings. The third-order valence-electron chi connectivity index (χ3n) is 2.47. The van der Waals surface area contributed by atoms with E-state index in [2.05, 4.69) is 32.7 Å². The summed E-state index contributed by atoms with van der Waals surface area (Å²) in [6.07, 6.45) is 1.07. The molecule has 7 heteroatoms. The number of anilines is 1. The van der Waals surface area contributed by atoms with E-state index in [9.17, 15) is 4.79 Å². The van der Waals surface area contributed by atoms with E-state index in [1.54, 1.807) is 11.3 Å². The van der Waals surface area contributed by atoms with Crippen molar-refractivity contribution in [2.75, 3.05) is 31.5 Å². The molecule has 1 saturated heterocycles. The molecule has 0 aromatic carbocycles. The Bertz CT molecular complexity index is 381. The summed E-state index contributed by atoms with van der Waals surface area (Å²) >= 11 is 1.56. The van der Waals surface area contributed by atoms with Crippen LogP contribution in [0.3, 0.4) is 0 Å². The van der Waals surface area contributed by atoms with Gasteiger partial charge < -0.3 is 10.6 Å². The van der Waals surface area contributed by atoms with Gasteiger partial charge in [-0.25, -0.2) is 0 Å². The average molecular weight is 255 g/mol. The van der Waals surface area contributed by atoms with Crippen LogP contribution in [-0.2, 0) is 11.3 Å². The van der Waals surface area contributed by atoms with Crippen molar-refractivity contribution in [1.29, 1.82) is 0 Å². The molecule has 0 saturated carbocycles. The number of piperazine rings is 1. The van der Waals surface area contributed by atoms with Crippen LogP contribution in [0.2, 0.25) is 0 Å². The maximum atomic E-state index is 11.2. The smallest absolute Gasteiger partial charge is 0.234 e. The number of nitrogens with one attached hydrogen (secondary N) is 2. The van der Waals surface area contributed by atoms with Crippen LogP contribution in [-0.4, -0.2) is 47.2 Å². The Morgan fingerprint density at radius 3 is 3.18 bits per heavy atom. The van der Waals surface area contributed by atoms with Crippen LogP contribution in [0.15, 0.2) is 0 Å². The fourth-order valence-electron chi connectivity index (χ4n) is 1.64. The summed E-state index contributed by atoms with van der Waals surface area (Å²) in [5.41, 5.74) is 0. The van der Waals surface area contributed by atoms with E-state index in [1.165, 1.54) is 0 Å². The highest BCUT2D eigenvalue weighted by Crippen LogP contribution is 2.16. The first-order valence-corrected chi connectivity index (χ1v) is 6.65. The van der Waals surface area contributed by atoms with Gasteiger partial charge in [0.2, 0.25) is 11.0 Å². The van der Waals surface area contributed by atoms with Gasteiger partial charge in [0.05, 0.1) is 13.1 Å². The van der Waals surface area contributed by atoms with Gasteiger partial charge in [-0.3, -0.25) is 9.69 Å². The van der Waals surface area contributed by atoms with Crippen LogP contribution >= 0.6 is 11.3 Å². The number of amides is 1. The van der Waals surface area contributed by atoms with Crippen molar-refractivity contribution in [3.05, 3.63) is 5.01 Å². The lowest BCUT2D eigenvalue weighted by atomic mass is 10.3. The van der Waals surface area contributed by atoms with Crippen molar-refractivity contribution in [1.82, 2.24) is 20.4 Å². The maximum absolute atomic E-state index is 11.2. The van der Waals surface area contributed by atoms with Gasteiger partial charge in [-0.15, -0.1) is 10.2 Å². The molecule has 1 fully saturated rings. The topological polar surface area (TPSA) is 70.2 Å². The second-order valence-electron chi connectivity index (χ2n) is 3.99. The lowest BCUT2D eigenvalue weighted by Gasteiger charge is -2.25. The van der Waals surface area contributed by atoms with Gasteiger partial charge in [0, 0.05) is 19.6 Å². The zero-order valence-electron chi connectivity index (χ0n) is 9.90. The van der Waals surface area contributed by atoms with Crippen LogP contribution in [0.4, 0.5) is 5.13 Å². The van der Waals surface area contributed by atoms with Gasteiger partial charge in [0.25, 0.3) is 0 Å². The van der Waals surface area contributed by atoms with Gasteiger partial charge in [0.15, 0.2) is 0 Å². The number of hydrogen-bond acceptors (Lipinski definition) is 6. The Morgan fingerprint density at radius 1 is 1.53 bits per heavy atom. The summed E-state index contributed by atoms with van der Waals surface area (Å²) in [5, 5.41) is 16.0. The summed E-state index contributed by atoms with van der Waals surface area (Å²) in [5.74, 6) is 0.0881. The van der Waals surface area contributed by atoms with Gasteiger partial charge in [-0.1, -0.05) is 18.3 Å². The summed E-state index contributed by atoms with van der Waals surface area (Å²) in [6.45, 7) is 5.79. The molecular weight excluding hydrogens is 238 g/mol. The molecule has 0 atom stereocenters. The van der Waals surface area contributed by atoms with Crippen LogP contribution in [0.5, 0.6) is 0 Å². The van der Waals surface area contributed by atoms with E-state index >= 15 is 0 Å². The monoisotopic (exact) mass is 255 g/mol. The minimum Gasteiger partial charge on any atom is -0.360 e. The molecule has 2 N–H and O–H groups in total. The first-order chi connectivity index (χ1) is 8.28. The quantitative estimate of drug-likeness (QED) is 0.791. The summed E-state index contributed by atoms with van der Waals surface area (Å²) in [4.78, 5) is 13.3. The van der Waals surface area contributed by atoms with Gasteiger partial charge in [-0.05, 0) is 6.42 Å². The Hall–Kier alpha value is -1.21. The molecule has 1 aromatic heterocycles. The van der Waals surface area contributed by atoms with Gasteiger partial charge >= 0.3 is 0 Å². The molecule has 0 spiro atoms. The lowest BCUT2D eigenvalue weighted by Crippen LogP contribution is -2.47. The van der Waals surface area contributed by atoms with Crippen LogP contribution in [0.1, 0.15) is 18.4 Å². The van der Waals surface area contributed by atoms with Gasteiger partial charge in [0.1, 0.15) is 5.01 Å². The second-order valence-corrected chi connectivity index (χ2v) is 5.05. The van der Waals surface area contributed by atoms with E-state index in [0.717, 1.165) is 36.2 Å². The Kier molecular flexibility index (Phi) is 4.27. The predicted molar refractivity (Wildman–Crippen MR) is 67.0 cm³/mol. The Labute approximate surface area is 104 Å². The summed E-state index contributed by atoms with van der Waals surface area (Å²) in [6, 6.07) is 0. The number of rotatable bonds is 5. The highest BCUT2D eigenvalue weighted by atomic mass is 32.1. The van der Waals surface area contributed by atoms with E-state index in [1.807, 2.05) is 0 Å². The maximum Gasteiger partial charge on any atom is 0.234 e. The predicted octanol–water partition coefficient (Wildman–Crippen LogP) is 0.292. The molecule has 2 rings (SSSR count). The normalized spacial score (nSPS) is 16.9. The highest BCUT2D eigenvalue weighted by Gasteiger charge is 2.17. The molecule has 1 aliphatic rings. The van der Waals surface area contributed by atoms with Gasteiger partial charge in [-0.2, -0.15) is 0 Å².